The van der Waals surface area contributed by atoms with Crippen molar-refractivity contribution in [2.45, 2.75) is 39.0 Å². The summed E-state index contributed by atoms with van der Waals surface area (Å²) in [6.07, 6.45) is 5.57. The predicted octanol–water partition coefficient (Wildman–Crippen LogP) is 3.40. The highest BCUT2D eigenvalue weighted by Crippen LogP contribution is 2.27. The van der Waals surface area contributed by atoms with Gasteiger partial charge in [0.25, 0.3) is 0 Å². The minimum absolute atomic E-state index is 0.304. The molecule has 1 N–H and O–H groups in total. The molecule has 0 spiro atoms. The van der Waals surface area contributed by atoms with Crippen molar-refractivity contribution in [2.24, 2.45) is 5.92 Å². The Morgan fingerprint density at radius 1 is 1.24 bits per heavy atom. The number of aromatic carboxylic acids is 1. The molecule has 0 radical (unpaired) electrons. The average Bonchev–Trinajstić information content (AvgIpc) is 2.41. The van der Waals surface area contributed by atoms with Crippen LogP contribution in [0.5, 0.6) is 0 Å². The van der Waals surface area contributed by atoms with E-state index in [1.165, 1.54) is 30.0 Å². The maximum atomic E-state index is 11.7. The van der Waals surface area contributed by atoms with E-state index >= 15 is 0 Å². The van der Waals surface area contributed by atoms with Crippen molar-refractivity contribution in [2.75, 3.05) is 0 Å². The molecular formula is C17H18O4. The van der Waals surface area contributed by atoms with E-state index in [2.05, 4.69) is 6.92 Å². The molecule has 1 aliphatic carbocycles. The van der Waals surface area contributed by atoms with Gasteiger partial charge in [-0.25, -0.2) is 9.59 Å². The highest BCUT2D eigenvalue weighted by Gasteiger charge is 2.16. The van der Waals surface area contributed by atoms with E-state index in [4.69, 9.17) is 9.52 Å². The lowest BCUT2D eigenvalue weighted by Gasteiger charge is -2.19. The maximum Gasteiger partial charge on any atom is 0.351 e. The second kappa shape index (κ2) is 5.35. The van der Waals surface area contributed by atoms with Gasteiger partial charge >= 0.3 is 11.6 Å². The van der Waals surface area contributed by atoms with Gasteiger partial charge in [-0.05, 0) is 54.5 Å². The quantitative estimate of drug-likeness (QED) is 0.816. The van der Waals surface area contributed by atoms with Crippen LogP contribution in [0.1, 0.15) is 47.7 Å². The molecule has 1 atom stereocenters. The van der Waals surface area contributed by atoms with Crippen LogP contribution in [0.25, 0.3) is 11.0 Å². The third kappa shape index (κ3) is 2.71. The summed E-state index contributed by atoms with van der Waals surface area (Å²) in [5.41, 5.74) is 1.87. The summed E-state index contributed by atoms with van der Waals surface area (Å²) in [7, 11) is 0. The van der Waals surface area contributed by atoms with Crippen LogP contribution in [-0.4, -0.2) is 11.1 Å². The molecule has 0 amide bonds. The molecule has 21 heavy (non-hydrogen) atoms. The fourth-order valence-corrected chi connectivity index (χ4v) is 3.11. The fourth-order valence-electron chi connectivity index (χ4n) is 3.11. The van der Waals surface area contributed by atoms with E-state index in [1.807, 2.05) is 12.1 Å². The lowest BCUT2D eigenvalue weighted by molar-refractivity contribution is 0.0692. The average molecular weight is 286 g/mol. The van der Waals surface area contributed by atoms with Crippen molar-refractivity contribution in [3.63, 3.8) is 0 Å². The Balaban J connectivity index is 2.18. The molecule has 1 heterocycles. The fraction of sp³-hybridized carbons (Fsp3) is 0.412. The Morgan fingerprint density at radius 2 is 2.05 bits per heavy atom. The summed E-state index contributed by atoms with van der Waals surface area (Å²) < 4.78 is 5.19. The minimum Gasteiger partial charge on any atom is -0.477 e. The summed E-state index contributed by atoms with van der Waals surface area (Å²) in [5, 5.41) is 9.71. The molecule has 110 valence electrons. The Bertz CT molecular complexity index is 757. The molecule has 1 aromatic carbocycles. The van der Waals surface area contributed by atoms with E-state index in [0.29, 0.717) is 16.9 Å². The minimum atomic E-state index is -1.24. The molecule has 0 saturated heterocycles. The van der Waals surface area contributed by atoms with Crippen LogP contribution in [0.3, 0.4) is 0 Å². The van der Waals surface area contributed by atoms with Crippen LogP contribution >= 0.6 is 0 Å². The van der Waals surface area contributed by atoms with Gasteiger partial charge < -0.3 is 9.52 Å². The summed E-state index contributed by atoms with van der Waals surface area (Å²) in [6, 6.07) is 5.32. The summed E-state index contributed by atoms with van der Waals surface area (Å²) >= 11 is 0. The lowest BCUT2D eigenvalue weighted by Crippen LogP contribution is -2.13. The Kier molecular flexibility index (Phi) is 3.53. The monoisotopic (exact) mass is 286 g/mol. The Labute approximate surface area is 122 Å². The van der Waals surface area contributed by atoms with Gasteiger partial charge in [0.15, 0.2) is 0 Å². The van der Waals surface area contributed by atoms with Crippen molar-refractivity contribution in [1.82, 2.24) is 0 Å². The van der Waals surface area contributed by atoms with E-state index in [-0.39, 0.29) is 5.56 Å². The zero-order chi connectivity index (χ0) is 15.0. The molecule has 0 bridgehead atoms. The summed E-state index contributed by atoms with van der Waals surface area (Å²) in [5.74, 6) is -0.627. The first-order valence-corrected chi connectivity index (χ1v) is 7.37. The van der Waals surface area contributed by atoms with E-state index in [0.717, 1.165) is 19.3 Å². The van der Waals surface area contributed by atoms with E-state index < -0.39 is 11.6 Å². The van der Waals surface area contributed by atoms with Gasteiger partial charge in [0, 0.05) is 5.39 Å². The number of carbonyl (C=O) groups is 1. The van der Waals surface area contributed by atoms with Gasteiger partial charge in [-0.3, -0.25) is 0 Å². The first-order chi connectivity index (χ1) is 10.0. The highest BCUT2D eigenvalue weighted by atomic mass is 16.4. The van der Waals surface area contributed by atoms with Gasteiger partial charge in [-0.15, -0.1) is 0 Å². The molecule has 0 aliphatic heterocycles. The third-order valence-corrected chi connectivity index (χ3v) is 4.25. The van der Waals surface area contributed by atoms with Crippen LogP contribution in [0, 0.1) is 5.92 Å². The van der Waals surface area contributed by atoms with Crippen LogP contribution < -0.4 is 5.63 Å². The summed E-state index contributed by atoms with van der Waals surface area (Å²) in [4.78, 5) is 22.7. The van der Waals surface area contributed by atoms with Crippen LogP contribution in [0.15, 0.2) is 27.4 Å². The normalized spacial score (nSPS) is 18.8. The van der Waals surface area contributed by atoms with Crippen LogP contribution in [0.4, 0.5) is 0 Å². The maximum absolute atomic E-state index is 11.7. The molecule has 2 aromatic rings. The molecule has 4 heteroatoms. The topological polar surface area (TPSA) is 67.5 Å². The number of benzene rings is 1. The van der Waals surface area contributed by atoms with Crippen LogP contribution in [0.2, 0.25) is 0 Å². The third-order valence-electron chi connectivity index (χ3n) is 4.25. The van der Waals surface area contributed by atoms with Crippen molar-refractivity contribution in [1.29, 1.82) is 0 Å². The number of carboxylic acids is 1. The zero-order valence-electron chi connectivity index (χ0n) is 12.0. The number of aryl methyl sites for hydroxylation is 1. The molecule has 3 rings (SSSR count). The van der Waals surface area contributed by atoms with E-state index in [9.17, 15) is 9.59 Å². The Morgan fingerprint density at radius 3 is 2.81 bits per heavy atom. The van der Waals surface area contributed by atoms with Crippen molar-refractivity contribution < 1.29 is 14.3 Å². The van der Waals surface area contributed by atoms with Crippen molar-refractivity contribution >= 4 is 16.9 Å². The molecule has 0 saturated carbocycles. The van der Waals surface area contributed by atoms with Gasteiger partial charge in [0.05, 0.1) is 0 Å². The molecule has 1 aromatic heterocycles. The van der Waals surface area contributed by atoms with E-state index in [1.54, 1.807) is 0 Å². The predicted molar refractivity (Wildman–Crippen MR) is 79.9 cm³/mol. The number of hydrogen-bond donors (Lipinski definition) is 1. The largest absolute Gasteiger partial charge is 0.477 e. The molecule has 0 fully saturated rings. The second-order valence-electron chi connectivity index (χ2n) is 5.97. The van der Waals surface area contributed by atoms with Gasteiger partial charge in [-0.1, -0.05) is 19.8 Å². The van der Waals surface area contributed by atoms with Gasteiger partial charge in [-0.2, -0.15) is 0 Å². The number of fused-ring (bicyclic) bond motifs is 2. The van der Waals surface area contributed by atoms with Crippen molar-refractivity contribution in [3.05, 3.63) is 45.3 Å². The molecule has 1 aliphatic rings. The number of rotatable bonds is 1. The van der Waals surface area contributed by atoms with Crippen LogP contribution in [-0.2, 0) is 12.8 Å². The first kappa shape index (κ1) is 13.9. The number of carboxylic acid groups (broad SMARTS) is 1. The SMILES string of the molecule is CC1CCCCc2cc3cc(C(=O)O)c(=O)oc3cc2C1. The molecule has 4 nitrogen and oxygen atoms in total. The zero-order valence-corrected chi connectivity index (χ0v) is 12.0. The van der Waals surface area contributed by atoms with Gasteiger partial charge in [0.1, 0.15) is 11.1 Å². The lowest BCUT2D eigenvalue weighted by atomic mass is 9.87. The second-order valence-corrected chi connectivity index (χ2v) is 5.97. The summed E-state index contributed by atoms with van der Waals surface area (Å²) in [6.45, 7) is 2.24. The Hall–Kier alpha value is -2.10. The smallest absolute Gasteiger partial charge is 0.351 e. The molecule has 1 unspecified atom stereocenters. The highest BCUT2D eigenvalue weighted by molar-refractivity contribution is 5.91. The first-order valence-electron chi connectivity index (χ1n) is 7.37. The van der Waals surface area contributed by atoms with Crippen molar-refractivity contribution in [3.8, 4) is 0 Å². The molecular weight excluding hydrogens is 268 g/mol. The number of hydrogen-bond acceptors (Lipinski definition) is 3. The standard InChI is InChI=1S/C17H18O4/c1-10-4-2-3-5-11-7-13-8-14(16(18)19)17(20)21-15(13)9-12(11)6-10/h7-10H,2-6H2,1H3,(H,18,19). The van der Waals surface area contributed by atoms with Gasteiger partial charge in [0.2, 0.25) is 0 Å².